The van der Waals surface area contributed by atoms with E-state index in [1.165, 1.54) is 4.88 Å². The predicted molar refractivity (Wildman–Crippen MR) is 85.2 cm³/mol. The number of nitrogens with zero attached hydrogens (tertiary/aromatic N) is 1. The molecule has 0 aliphatic heterocycles. The smallest absolute Gasteiger partial charge is 0.335 e. The first-order chi connectivity index (χ1) is 10.5. The van der Waals surface area contributed by atoms with E-state index in [4.69, 9.17) is 5.11 Å². The van der Waals surface area contributed by atoms with Crippen molar-refractivity contribution in [2.75, 3.05) is 0 Å². The number of aryl methyl sites for hydroxylation is 3. The van der Waals surface area contributed by atoms with Crippen molar-refractivity contribution in [2.24, 2.45) is 0 Å². The quantitative estimate of drug-likeness (QED) is 0.858. The van der Waals surface area contributed by atoms with Gasteiger partial charge in [0, 0.05) is 11.3 Å². The molecule has 2 aromatic rings. The van der Waals surface area contributed by atoms with Crippen LogP contribution in [0.5, 0.6) is 0 Å². The monoisotopic (exact) mass is 318 g/mol. The van der Waals surface area contributed by atoms with Crippen molar-refractivity contribution in [3.05, 3.63) is 51.0 Å². The third-order valence-electron chi connectivity index (χ3n) is 3.35. The summed E-state index contributed by atoms with van der Waals surface area (Å²) in [5, 5.41) is 12.6. The van der Waals surface area contributed by atoms with E-state index >= 15 is 0 Å². The Labute approximate surface area is 133 Å². The number of carbonyl (C=O) groups excluding carboxylic acids is 1. The minimum Gasteiger partial charge on any atom is -0.478 e. The summed E-state index contributed by atoms with van der Waals surface area (Å²) >= 11 is 1.59. The fourth-order valence-electron chi connectivity index (χ4n) is 1.95. The standard InChI is InChI=1S/C16H18N2O3S/c1-10-11(2)22-15(18-10)9-17-14(19)8-5-12-3-6-13(7-4-12)16(20)21/h3-4,6-7H,5,8-9H2,1-2H3,(H,17,19)(H,20,21). The number of carboxylic acid groups (broad SMARTS) is 1. The van der Waals surface area contributed by atoms with Gasteiger partial charge in [-0.25, -0.2) is 9.78 Å². The van der Waals surface area contributed by atoms with E-state index in [9.17, 15) is 9.59 Å². The number of carboxylic acids is 1. The molecule has 116 valence electrons. The lowest BCUT2D eigenvalue weighted by Gasteiger charge is -2.04. The van der Waals surface area contributed by atoms with Crippen LogP contribution in [0.1, 0.15) is 37.9 Å². The minimum atomic E-state index is -0.946. The van der Waals surface area contributed by atoms with E-state index in [0.717, 1.165) is 16.3 Å². The highest BCUT2D eigenvalue weighted by Gasteiger charge is 2.07. The van der Waals surface area contributed by atoms with Crippen molar-refractivity contribution in [2.45, 2.75) is 33.2 Å². The van der Waals surface area contributed by atoms with Crippen molar-refractivity contribution >= 4 is 23.2 Å². The lowest BCUT2D eigenvalue weighted by molar-refractivity contribution is -0.121. The molecule has 0 unspecified atom stereocenters. The number of amides is 1. The summed E-state index contributed by atoms with van der Waals surface area (Å²) in [4.78, 5) is 28.1. The molecule has 22 heavy (non-hydrogen) atoms. The Kier molecular flexibility index (Phi) is 5.27. The zero-order valence-electron chi connectivity index (χ0n) is 12.5. The second-order valence-electron chi connectivity index (χ2n) is 5.03. The van der Waals surface area contributed by atoms with Crippen molar-refractivity contribution in [3.8, 4) is 0 Å². The van der Waals surface area contributed by atoms with Gasteiger partial charge in [-0.05, 0) is 38.0 Å². The number of nitrogens with one attached hydrogen (secondary N) is 1. The second-order valence-corrected chi connectivity index (χ2v) is 6.32. The van der Waals surface area contributed by atoms with E-state index in [2.05, 4.69) is 10.3 Å². The fourth-order valence-corrected chi connectivity index (χ4v) is 2.82. The molecule has 6 heteroatoms. The maximum absolute atomic E-state index is 11.8. The molecule has 0 saturated carbocycles. The normalized spacial score (nSPS) is 10.5. The topological polar surface area (TPSA) is 79.3 Å². The molecule has 0 saturated heterocycles. The number of aromatic carboxylic acids is 1. The zero-order chi connectivity index (χ0) is 16.1. The first-order valence-electron chi connectivity index (χ1n) is 6.97. The van der Waals surface area contributed by atoms with Crippen LogP contribution in [0.3, 0.4) is 0 Å². The third kappa shape index (κ3) is 4.39. The van der Waals surface area contributed by atoms with Crippen LogP contribution in [0.15, 0.2) is 24.3 Å². The Bertz CT molecular complexity index is 658. The Morgan fingerprint density at radius 1 is 1.23 bits per heavy atom. The average molecular weight is 318 g/mol. The van der Waals surface area contributed by atoms with Crippen molar-refractivity contribution in [1.29, 1.82) is 0 Å². The van der Waals surface area contributed by atoms with Gasteiger partial charge in [-0.15, -0.1) is 11.3 Å². The van der Waals surface area contributed by atoms with Crippen LogP contribution < -0.4 is 5.32 Å². The van der Waals surface area contributed by atoms with E-state index in [1.807, 2.05) is 13.8 Å². The molecule has 1 aromatic heterocycles. The molecule has 1 amide bonds. The summed E-state index contributed by atoms with van der Waals surface area (Å²) in [5.41, 5.74) is 2.21. The molecule has 0 aliphatic rings. The molecule has 5 nitrogen and oxygen atoms in total. The zero-order valence-corrected chi connectivity index (χ0v) is 13.4. The first kappa shape index (κ1) is 16.2. The van der Waals surface area contributed by atoms with Gasteiger partial charge in [-0.1, -0.05) is 12.1 Å². The summed E-state index contributed by atoms with van der Waals surface area (Å²) in [6, 6.07) is 6.59. The van der Waals surface area contributed by atoms with Gasteiger partial charge in [0.2, 0.25) is 5.91 Å². The maximum atomic E-state index is 11.8. The van der Waals surface area contributed by atoms with Crippen LogP contribution >= 0.6 is 11.3 Å². The number of hydrogen-bond donors (Lipinski definition) is 2. The van der Waals surface area contributed by atoms with Crippen LogP contribution in [0.25, 0.3) is 0 Å². The van der Waals surface area contributed by atoms with Crippen LogP contribution in [0.2, 0.25) is 0 Å². The molecule has 0 spiro atoms. The van der Waals surface area contributed by atoms with Gasteiger partial charge in [0.25, 0.3) is 0 Å². The number of carbonyl (C=O) groups is 2. The molecule has 0 fully saturated rings. The van der Waals surface area contributed by atoms with Gasteiger partial charge in [0.1, 0.15) is 5.01 Å². The molecule has 2 rings (SSSR count). The minimum absolute atomic E-state index is 0.0344. The van der Waals surface area contributed by atoms with Gasteiger partial charge in [0.15, 0.2) is 0 Å². The highest BCUT2D eigenvalue weighted by Crippen LogP contribution is 2.16. The molecule has 0 atom stereocenters. The third-order valence-corrected chi connectivity index (χ3v) is 4.42. The van der Waals surface area contributed by atoms with E-state index in [-0.39, 0.29) is 11.5 Å². The van der Waals surface area contributed by atoms with Gasteiger partial charge in [0.05, 0.1) is 17.8 Å². The lowest BCUT2D eigenvalue weighted by Crippen LogP contribution is -2.22. The Morgan fingerprint density at radius 3 is 2.45 bits per heavy atom. The summed E-state index contributed by atoms with van der Waals surface area (Å²) in [6.45, 7) is 4.42. The van der Waals surface area contributed by atoms with E-state index in [0.29, 0.717) is 19.4 Å². The Hall–Kier alpha value is -2.21. The largest absolute Gasteiger partial charge is 0.478 e. The molecular formula is C16H18N2O3S. The van der Waals surface area contributed by atoms with E-state index < -0.39 is 5.97 Å². The van der Waals surface area contributed by atoms with E-state index in [1.54, 1.807) is 35.6 Å². The molecule has 1 aromatic carbocycles. The van der Waals surface area contributed by atoms with Gasteiger partial charge >= 0.3 is 5.97 Å². The summed E-state index contributed by atoms with van der Waals surface area (Å²) < 4.78 is 0. The summed E-state index contributed by atoms with van der Waals surface area (Å²) in [5.74, 6) is -0.980. The highest BCUT2D eigenvalue weighted by molar-refractivity contribution is 7.11. The number of aromatic nitrogens is 1. The maximum Gasteiger partial charge on any atom is 0.335 e. The number of benzene rings is 1. The van der Waals surface area contributed by atoms with Crippen LogP contribution in [0.4, 0.5) is 0 Å². The Morgan fingerprint density at radius 2 is 1.91 bits per heavy atom. The van der Waals surface area contributed by atoms with Crippen LogP contribution in [-0.4, -0.2) is 22.0 Å². The average Bonchev–Trinajstić information content (AvgIpc) is 2.82. The molecule has 0 bridgehead atoms. The van der Waals surface area contributed by atoms with Gasteiger partial charge < -0.3 is 10.4 Å². The van der Waals surface area contributed by atoms with Crippen molar-refractivity contribution in [1.82, 2.24) is 10.3 Å². The first-order valence-corrected chi connectivity index (χ1v) is 7.79. The second kappa shape index (κ2) is 7.17. The summed E-state index contributed by atoms with van der Waals surface area (Å²) in [6.07, 6.45) is 0.956. The van der Waals surface area contributed by atoms with Gasteiger partial charge in [-0.3, -0.25) is 4.79 Å². The number of hydrogen-bond acceptors (Lipinski definition) is 4. The number of thiazole rings is 1. The molecule has 1 heterocycles. The SMILES string of the molecule is Cc1nc(CNC(=O)CCc2ccc(C(=O)O)cc2)sc1C. The fraction of sp³-hybridized carbons (Fsp3) is 0.312. The molecule has 2 N–H and O–H groups in total. The van der Waals surface area contributed by atoms with Crippen molar-refractivity contribution < 1.29 is 14.7 Å². The summed E-state index contributed by atoms with van der Waals surface area (Å²) in [7, 11) is 0. The Balaban J connectivity index is 1.78. The van der Waals surface area contributed by atoms with Gasteiger partial charge in [-0.2, -0.15) is 0 Å². The molecular weight excluding hydrogens is 300 g/mol. The van der Waals surface area contributed by atoms with Crippen LogP contribution in [0, 0.1) is 13.8 Å². The number of rotatable bonds is 6. The molecule has 0 radical (unpaired) electrons. The predicted octanol–water partition coefficient (Wildman–Crippen LogP) is 2.71. The highest BCUT2D eigenvalue weighted by atomic mass is 32.1. The molecule has 0 aliphatic carbocycles. The van der Waals surface area contributed by atoms with Crippen LogP contribution in [-0.2, 0) is 17.8 Å². The lowest BCUT2D eigenvalue weighted by atomic mass is 10.1. The van der Waals surface area contributed by atoms with Crippen molar-refractivity contribution in [3.63, 3.8) is 0 Å².